The molecule has 0 spiro atoms. The molecule has 1 heteroatoms. The van der Waals surface area contributed by atoms with Gasteiger partial charge in [0, 0.05) is 0 Å². The Labute approximate surface area is 125 Å². The van der Waals surface area contributed by atoms with Crippen molar-refractivity contribution in [1.29, 1.82) is 0 Å². The number of rotatable bonds is 0. The van der Waals surface area contributed by atoms with Gasteiger partial charge in [-0.15, -0.1) is 0 Å². The molecule has 0 radical (unpaired) electrons. The van der Waals surface area contributed by atoms with E-state index in [2.05, 4.69) is 26.0 Å². The average molecular weight is 275 g/mol. The van der Waals surface area contributed by atoms with Gasteiger partial charge in [-0.05, 0) is 85.9 Å². The van der Waals surface area contributed by atoms with Crippen molar-refractivity contribution < 1.29 is 6.48 Å². The molecule has 0 aromatic carbocycles. The SMILES string of the molecule is [2H][C@]1(O)CC[C@H]2[C@@H]3CC[C@H]4CC=CC[C@]4(C)[C@H]3CC[C@@]21C. The largest absolute Gasteiger partial charge is 0.393 e. The van der Waals surface area contributed by atoms with Gasteiger partial charge >= 0.3 is 0 Å². The molecule has 0 bridgehead atoms. The highest BCUT2D eigenvalue weighted by atomic mass is 16.3. The minimum atomic E-state index is -1.17. The second-order valence-electron chi connectivity index (χ2n) is 8.51. The molecule has 112 valence electrons. The molecule has 3 fully saturated rings. The maximum atomic E-state index is 10.6. The highest BCUT2D eigenvalue weighted by Crippen LogP contribution is 2.65. The minimum Gasteiger partial charge on any atom is -0.393 e. The highest BCUT2D eigenvalue weighted by molar-refractivity contribution is 5.12. The minimum absolute atomic E-state index is 0.151. The van der Waals surface area contributed by atoms with Gasteiger partial charge in [0.1, 0.15) is 0 Å². The lowest BCUT2D eigenvalue weighted by atomic mass is 9.46. The fraction of sp³-hybridized carbons (Fsp3) is 0.895. The first-order valence-corrected chi connectivity index (χ1v) is 8.76. The van der Waals surface area contributed by atoms with Crippen LogP contribution in [-0.2, 0) is 0 Å². The van der Waals surface area contributed by atoms with E-state index in [-0.39, 0.29) is 5.41 Å². The van der Waals surface area contributed by atoms with Crippen molar-refractivity contribution >= 4 is 0 Å². The molecule has 1 N–H and O–H groups in total. The maximum absolute atomic E-state index is 10.6. The van der Waals surface area contributed by atoms with E-state index in [1.54, 1.807) is 0 Å². The monoisotopic (exact) mass is 275 g/mol. The second kappa shape index (κ2) is 4.35. The zero-order chi connectivity index (χ0) is 14.9. The van der Waals surface area contributed by atoms with Crippen molar-refractivity contribution in [3.63, 3.8) is 0 Å². The lowest BCUT2D eigenvalue weighted by Gasteiger charge is -2.59. The zero-order valence-electron chi connectivity index (χ0n) is 14.1. The maximum Gasteiger partial charge on any atom is 0.0606 e. The van der Waals surface area contributed by atoms with Crippen LogP contribution in [0.2, 0.25) is 0 Å². The van der Waals surface area contributed by atoms with Crippen LogP contribution in [0, 0.1) is 34.5 Å². The van der Waals surface area contributed by atoms with Gasteiger partial charge < -0.3 is 5.11 Å². The summed E-state index contributed by atoms with van der Waals surface area (Å²) >= 11 is 0. The third kappa shape index (κ3) is 1.59. The summed E-state index contributed by atoms with van der Waals surface area (Å²) in [5.74, 6) is 3.05. The summed E-state index contributed by atoms with van der Waals surface area (Å²) < 4.78 is 8.39. The van der Waals surface area contributed by atoms with Gasteiger partial charge in [0.15, 0.2) is 0 Å². The summed E-state index contributed by atoms with van der Waals surface area (Å²) in [6, 6.07) is 0. The summed E-state index contributed by atoms with van der Waals surface area (Å²) in [6.07, 6.45) is 13.0. The van der Waals surface area contributed by atoms with Crippen LogP contribution in [0.25, 0.3) is 0 Å². The Morgan fingerprint density at radius 3 is 2.65 bits per heavy atom. The fourth-order valence-electron chi connectivity index (χ4n) is 6.63. The zero-order valence-corrected chi connectivity index (χ0v) is 13.1. The van der Waals surface area contributed by atoms with Crippen LogP contribution >= 0.6 is 0 Å². The Morgan fingerprint density at radius 2 is 1.80 bits per heavy atom. The summed E-state index contributed by atoms with van der Waals surface area (Å²) in [7, 11) is 0. The average Bonchev–Trinajstić information content (AvgIpc) is 2.69. The number of hydrogen-bond donors (Lipinski definition) is 1. The molecule has 7 atom stereocenters. The van der Waals surface area contributed by atoms with Crippen molar-refractivity contribution in [2.45, 2.75) is 71.3 Å². The van der Waals surface area contributed by atoms with Gasteiger partial charge in [-0.25, -0.2) is 0 Å². The lowest BCUT2D eigenvalue weighted by molar-refractivity contribution is -0.108. The van der Waals surface area contributed by atoms with E-state index in [1.165, 1.54) is 32.1 Å². The van der Waals surface area contributed by atoms with Crippen molar-refractivity contribution in [2.24, 2.45) is 34.5 Å². The first-order valence-electron chi connectivity index (χ1n) is 9.26. The summed E-state index contributed by atoms with van der Waals surface area (Å²) in [6.45, 7) is 4.76. The Morgan fingerprint density at radius 1 is 1.00 bits per heavy atom. The van der Waals surface area contributed by atoms with Crippen LogP contribution in [0.15, 0.2) is 12.2 Å². The van der Waals surface area contributed by atoms with Gasteiger partial charge in [-0.3, -0.25) is 0 Å². The Hall–Kier alpha value is -0.300. The molecule has 0 amide bonds. The molecular weight excluding hydrogens is 244 g/mol. The number of fused-ring (bicyclic) bond motifs is 5. The normalized spacial score (nSPS) is 62.2. The van der Waals surface area contributed by atoms with E-state index in [1.807, 2.05) is 0 Å². The second-order valence-corrected chi connectivity index (χ2v) is 8.51. The first-order chi connectivity index (χ1) is 9.88. The predicted molar refractivity (Wildman–Crippen MR) is 82.3 cm³/mol. The standard InChI is InChI=1S/C19H30O/c1-18-11-4-3-5-13(18)6-7-14-15-8-9-17(20)19(15,2)12-10-16(14)18/h3-4,13-17,20H,5-12H2,1-2H3/t13-,14+,15+,16+,17+,18+,19+/m1/s1/i17D. The molecule has 4 rings (SSSR count). The van der Waals surface area contributed by atoms with Crippen LogP contribution in [-0.4, -0.2) is 11.2 Å². The quantitative estimate of drug-likeness (QED) is 0.643. The molecule has 0 heterocycles. The fourth-order valence-corrected chi connectivity index (χ4v) is 6.63. The Balaban J connectivity index is 1.68. The summed E-state index contributed by atoms with van der Waals surface area (Å²) in [5.41, 5.74) is 0.337. The lowest BCUT2D eigenvalue weighted by Crippen LogP contribution is -2.52. The van der Waals surface area contributed by atoms with Crippen LogP contribution in [0.5, 0.6) is 0 Å². The third-order valence-corrected chi connectivity index (χ3v) is 7.95. The Bertz CT molecular complexity index is 470. The van der Waals surface area contributed by atoms with Gasteiger partial charge in [0.25, 0.3) is 0 Å². The van der Waals surface area contributed by atoms with E-state index in [0.717, 1.165) is 30.6 Å². The van der Waals surface area contributed by atoms with E-state index >= 15 is 0 Å². The van der Waals surface area contributed by atoms with Crippen LogP contribution in [0.1, 0.15) is 66.6 Å². The molecule has 0 aromatic rings. The van der Waals surface area contributed by atoms with Crippen LogP contribution < -0.4 is 0 Å². The molecule has 0 saturated heterocycles. The van der Waals surface area contributed by atoms with Crippen LogP contribution in [0.4, 0.5) is 0 Å². The van der Waals surface area contributed by atoms with Gasteiger partial charge in [0.05, 0.1) is 7.45 Å². The van der Waals surface area contributed by atoms with E-state index < -0.39 is 6.08 Å². The third-order valence-electron chi connectivity index (χ3n) is 7.95. The number of hydrogen-bond acceptors (Lipinski definition) is 1. The molecule has 0 aromatic heterocycles. The Kier molecular flexibility index (Phi) is 2.67. The molecule has 4 aliphatic carbocycles. The summed E-state index contributed by atoms with van der Waals surface area (Å²) in [4.78, 5) is 0. The van der Waals surface area contributed by atoms with Gasteiger partial charge in [0.2, 0.25) is 0 Å². The van der Waals surface area contributed by atoms with Crippen molar-refractivity contribution in [3.05, 3.63) is 12.2 Å². The molecule has 20 heavy (non-hydrogen) atoms. The molecule has 4 aliphatic rings. The summed E-state index contributed by atoms with van der Waals surface area (Å²) in [5, 5.41) is 10.6. The first kappa shape index (κ1) is 12.3. The smallest absolute Gasteiger partial charge is 0.0606 e. The van der Waals surface area contributed by atoms with E-state index in [4.69, 9.17) is 1.37 Å². The molecular formula is C19H30O. The van der Waals surface area contributed by atoms with Crippen molar-refractivity contribution in [1.82, 2.24) is 0 Å². The van der Waals surface area contributed by atoms with Gasteiger partial charge in [-0.2, -0.15) is 0 Å². The molecule has 3 saturated carbocycles. The molecule has 1 nitrogen and oxygen atoms in total. The van der Waals surface area contributed by atoms with Crippen molar-refractivity contribution in [2.75, 3.05) is 0 Å². The van der Waals surface area contributed by atoms with Crippen molar-refractivity contribution in [3.8, 4) is 0 Å². The highest BCUT2D eigenvalue weighted by Gasteiger charge is 2.59. The van der Waals surface area contributed by atoms with Crippen LogP contribution in [0.3, 0.4) is 0 Å². The number of allylic oxidation sites excluding steroid dienone is 2. The number of aliphatic hydroxyl groups is 1. The molecule has 0 unspecified atom stereocenters. The van der Waals surface area contributed by atoms with Gasteiger partial charge in [-0.1, -0.05) is 26.0 Å². The topological polar surface area (TPSA) is 20.2 Å². The molecule has 0 aliphatic heterocycles. The van der Waals surface area contributed by atoms with E-state index in [0.29, 0.717) is 17.8 Å². The van der Waals surface area contributed by atoms with E-state index in [9.17, 15) is 5.11 Å². The predicted octanol–water partition coefficient (Wildman–Crippen LogP) is 4.56.